The number of nitrogens with zero attached hydrogens (tertiary/aromatic N) is 1. The summed E-state index contributed by atoms with van der Waals surface area (Å²) in [6, 6.07) is 13.2. The third kappa shape index (κ3) is 6.01. The van der Waals surface area contributed by atoms with Crippen molar-refractivity contribution in [3.8, 4) is 0 Å². The summed E-state index contributed by atoms with van der Waals surface area (Å²) in [6.07, 6.45) is -1.75. The molecule has 2 N–H and O–H groups in total. The number of rotatable bonds is 8. The van der Waals surface area contributed by atoms with Crippen LogP contribution in [0.1, 0.15) is 63.9 Å². The number of nitrogens with two attached hydrogens (primary N) is 1. The molecule has 0 aliphatic heterocycles. The first-order chi connectivity index (χ1) is 17.1. The molecule has 0 spiro atoms. The summed E-state index contributed by atoms with van der Waals surface area (Å²) < 4.78 is 54.5. The average molecular weight is 519 g/mol. The van der Waals surface area contributed by atoms with E-state index in [0.29, 0.717) is 45.3 Å². The van der Waals surface area contributed by atoms with Crippen LogP contribution in [0.25, 0.3) is 0 Å². The molecule has 3 nitrogen and oxygen atoms in total. The van der Waals surface area contributed by atoms with Gasteiger partial charge in [0, 0.05) is 34.9 Å². The van der Waals surface area contributed by atoms with Gasteiger partial charge in [0.25, 0.3) is 5.91 Å². The smallest absolute Gasteiger partial charge is 0.398 e. The number of hydrogen-bond donors (Lipinski definition) is 1. The fraction of sp³-hybridized carbons (Fsp3) is 0.321. The molecule has 190 valence electrons. The Bertz CT molecular complexity index is 1270. The zero-order valence-corrected chi connectivity index (χ0v) is 20.6. The molecule has 0 atom stereocenters. The molecule has 0 aromatic heterocycles. The molecular weight excluding hydrogens is 492 g/mol. The highest BCUT2D eigenvalue weighted by atomic mass is 35.5. The van der Waals surface area contributed by atoms with Gasteiger partial charge in [-0.25, -0.2) is 4.39 Å². The minimum atomic E-state index is -4.47. The Morgan fingerprint density at radius 1 is 1.11 bits per heavy atom. The highest BCUT2D eigenvalue weighted by Crippen LogP contribution is 2.40. The van der Waals surface area contributed by atoms with Crippen LogP contribution in [0.2, 0.25) is 5.02 Å². The Hall–Kier alpha value is -3.06. The van der Waals surface area contributed by atoms with Crippen molar-refractivity contribution in [3.63, 3.8) is 0 Å². The summed E-state index contributed by atoms with van der Waals surface area (Å²) >= 11 is 6.18. The molecule has 0 bridgehead atoms. The number of hydrogen-bond acceptors (Lipinski definition) is 2. The number of benzene rings is 3. The zero-order chi connectivity index (χ0) is 26.0. The van der Waals surface area contributed by atoms with Gasteiger partial charge in [-0.05, 0) is 72.6 Å². The van der Waals surface area contributed by atoms with Crippen molar-refractivity contribution < 1.29 is 22.4 Å². The predicted molar refractivity (Wildman–Crippen MR) is 134 cm³/mol. The maximum atomic E-state index is 15.0. The topological polar surface area (TPSA) is 46.3 Å². The summed E-state index contributed by atoms with van der Waals surface area (Å²) in [4.78, 5) is 15.1. The first-order valence-electron chi connectivity index (χ1n) is 11.9. The standard InChI is InChI=1S/C28H27ClF4N2O/c1-2-23-24(14-22(29)15-26(23)34)27(36)35(11-10-17-4-3-5-21(12-17)28(31,32)33)16-20-9-8-19(13-25(20)30)18-6-7-18/h3-5,8-9,12-15,18H,2,6-7,10-11,16,34H2,1H3. The fourth-order valence-corrected chi connectivity index (χ4v) is 4.63. The summed E-state index contributed by atoms with van der Waals surface area (Å²) in [5.74, 6) is -0.426. The molecule has 36 heavy (non-hydrogen) atoms. The molecule has 4 rings (SSSR count). The summed E-state index contributed by atoms with van der Waals surface area (Å²) in [5, 5.41) is 0.297. The van der Waals surface area contributed by atoms with Gasteiger partial charge in [0.15, 0.2) is 0 Å². The number of carbonyl (C=O) groups excluding carboxylic acids is 1. The lowest BCUT2D eigenvalue weighted by Gasteiger charge is -2.25. The second-order valence-electron chi connectivity index (χ2n) is 9.17. The lowest BCUT2D eigenvalue weighted by molar-refractivity contribution is -0.137. The van der Waals surface area contributed by atoms with E-state index in [9.17, 15) is 22.4 Å². The third-order valence-electron chi connectivity index (χ3n) is 6.53. The van der Waals surface area contributed by atoms with Crippen molar-refractivity contribution in [1.82, 2.24) is 4.90 Å². The molecule has 3 aromatic rings. The van der Waals surface area contributed by atoms with E-state index < -0.39 is 23.5 Å². The minimum absolute atomic E-state index is 0.0376. The van der Waals surface area contributed by atoms with Gasteiger partial charge < -0.3 is 10.6 Å². The Balaban J connectivity index is 1.64. The van der Waals surface area contributed by atoms with E-state index in [1.54, 1.807) is 18.2 Å². The van der Waals surface area contributed by atoms with E-state index in [4.69, 9.17) is 17.3 Å². The van der Waals surface area contributed by atoms with Crippen molar-refractivity contribution in [2.75, 3.05) is 12.3 Å². The lowest BCUT2D eigenvalue weighted by atomic mass is 10.0. The van der Waals surface area contributed by atoms with Crippen LogP contribution in [0.3, 0.4) is 0 Å². The Morgan fingerprint density at radius 3 is 2.50 bits per heavy atom. The van der Waals surface area contributed by atoms with Crippen molar-refractivity contribution in [2.24, 2.45) is 0 Å². The van der Waals surface area contributed by atoms with Gasteiger partial charge in [-0.1, -0.05) is 48.9 Å². The second kappa shape index (κ2) is 10.5. The monoisotopic (exact) mass is 518 g/mol. The quantitative estimate of drug-likeness (QED) is 0.249. The van der Waals surface area contributed by atoms with Gasteiger partial charge in [-0.2, -0.15) is 13.2 Å². The molecule has 1 fully saturated rings. The summed E-state index contributed by atoms with van der Waals surface area (Å²) in [6.45, 7) is 1.91. The second-order valence-corrected chi connectivity index (χ2v) is 9.61. The Kier molecular flexibility index (Phi) is 7.59. The van der Waals surface area contributed by atoms with Crippen LogP contribution in [0.5, 0.6) is 0 Å². The number of amides is 1. The third-order valence-corrected chi connectivity index (χ3v) is 6.75. The van der Waals surface area contributed by atoms with Gasteiger partial charge in [0.2, 0.25) is 0 Å². The molecule has 1 amide bonds. The number of halogens is 5. The molecule has 1 aliphatic carbocycles. The van der Waals surface area contributed by atoms with E-state index in [1.807, 2.05) is 13.0 Å². The van der Waals surface area contributed by atoms with E-state index in [1.165, 1.54) is 23.1 Å². The van der Waals surface area contributed by atoms with Crippen LogP contribution in [-0.2, 0) is 25.6 Å². The number of carbonyl (C=O) groups is 1. The molecule has 3 aromatic carbocycles. The summed E-state index contributed by atoms with van der Waals surface area (Å²) in [7, 11) is 0. The number of nitrogen functional groups attached to an aromatic ring is 1. The maximum absolute atomic E-state index is 15.0. The molecule has 0 saturated heterocycles. The first-order valence-corrected chi connectivity index (χ1v) is 12.3. The van der Waals surface area contributed by atoms with Gasteiger partial charge in [-0.15, -0.1) is 0 Å². The lowest BCUT2D eigenvalue weighted by Crippen LogP contribution is -2.33. The largest absolute Gasteiger partial charge is 0.416 e. The fourth-order valence-electron chi connectivity index (χ4n) is 4.40. The number of anilines is 1. The van der Waals surface area contributed by atoms with Crippen molar-refractivity contribution in [1.29, 1.82) is 0 Å². The normalized spacial score (nSPS) is 13.6. The Morgan fingerprint density at radius 2 is 1.86 bits per heavy atom. The van der Waals surface area contributed by atoms with Crippen LogP contribution < -0.4 is 5.73 Å². The number of alkyl halides is 3. The minimum Gasteiger partial charge on any atom is -0.398 e. The predicted octanol–water partition coefficient (Wildman–Crippen LogP) is 7.41. The first kappa shape index (κ1) is 26.0. The molecule has 1 aliphatic rings. The van der Waals surface area contributed by atoms with Crippen molar-refractivity contribution in [2.45, 2.75) is 51.2 Å². The van der Waals surface area contributed by atoms with Crippen LogP contribution in [0, 0.1) is 5.82 Å². The van der Waals surface area contributed by atoms with E-state index in [2.05, 4.69) is 0 Å². The van der Waals surface area contributed by atoms with Gasteiger partial charge in [0.05, 0.1) is 5.56 Å². The maximum Gasteiger partial charge on any atom is 0.416 e. The van der Waals surface area contributed by atoms with Crippen molar-refractivity contribution >= 4 is 23.2 Å². The highest BCUT2D eigenvalue weighted by Gasteiger charge is 2.30. The molecule has 0 heterocycles. The molecule has 1 saturated carbocycles. The van der Waals surface area contributed by atoms with Crippen LogP contribution in [0.15, 0.2) is 54.6 Å². The molecular formula is C28H27ClF4N2O. The van der Waals surface area contributed by atoms with Crippen LogP contribution in [0.4, 0.5) is 23.2 Å². The summed E-state index contributed by atoms with van der Waals surface area (Å²) in [5.41, 5.74) is 8.36. The van der Waals surface area contributed by atoms with Crippen LogP contribution in [-0.4, -0.2) is 17.4 Å². The molecule has 0 unspecified atom stereocenters. The Labute approximate surface area is 212 Å². The van der Waals surface area contributed by atoms with E-state index in [-0.39, 0.29) is 19.5 Å². The highest BCUT2D eigenvalue weighted by molar-refractivity contribution is 6.31. The van der Waals surface area contributed by atoms with Gasteiger partial charge in [-0.3, -0.25) is 4.79 Å². The van der Waals surface area contributed by atoms with Gasteiger partial charge >= 0.3 is 6.18 Å². The van der Waals surface area contributed by atoms with E-state index in [0.717, 1.165) is 30.5 Å². The van der Waals surface area contributed by atoms with Crippen molar-refractivity contribution in [3.05, 3.63) is 98.8 Å². The zero-order valence-electron chi connectivity index (χ0n) is 19.8. The molecule has 8 heteroatoms. The SMILES string of the molecule is CCc1c(N)cc(Cl)cc1C(=O)N(CCc1cccc(C(F)(F)F)c1)Cc1ccc(C2CC2)cc1F. The van der Waals surface area contributed by atoms with Crippen LogP contribution >= 0.6 is 11.6 Å². The molecule has 0 radical (unpaired) electrons. The van der Waals surface area contributed by atoms with Gasteiger partial charge in [0.1, 0.15) is 5.82 Å². The average Bonchev–Trinajstić information content (AvgIpc) is 3.67. The van der Waals surface area contributed by atoms with E-state index >= 15 is 0 Å².